The molecular weight excluding hydrogens is 413 g/mol. The number of halogens is 2. The monoisotopic (exact) mass is 437 g/mol. The van der Waals surface area contributed by atoms with Crippen LogP contribution in [0.3, 0.4) is 0 Å². The van der Waals surface area contributed by atoms with Gasteiger partial charge in [-0.15, -0.1) is 0 Å². The summed E-state index contributed by atoms with van der Waals surface area (Å²) in [6, 6.07) is 5.00. The van der Waals surface area contributed by atoms with Crippen LogP contribution < -0.4 is 5.32 Å². The summed E-state index contributed by atoms with van der Waals surface area (Å²) in [5.41, 5.74) is 1.73. The van der Waals surface area contributed by atoms with Crippen LogP contribution in [-0.4, -0.2) is 53.4 Å². The fourth-order valence-electron chi connectivity index (χ4n) is 3.09. The van der Waals surface area contributed by atoms with Gasteiger partial charge in [0.05, 0.1) is 19.3 Å². The summed E-state index contributed by atoms with van der Waals surface area (Å²) in [5, 5.41) is 7.57. The lowest BCUT2D eigenvalue weighted by atomic mass is 10.1. The maximum absolute atomic E-state index is 13.9. The summed E-state index contributed by atoms with van der Waals surface area (Å²) in [4.78, 5) is 6.91. The number of ether oxygens (including phenoxy) is 1. The molecule has 2 heterocycles. The Labute approximate surface area is 167 Å². The van der Waals surface area contributed by atoms with Gasteiger partial charge in [0, 0.05) is 42.9 Å². The Morgan fingerprint density at radius 3 is 3.07 bits per heavy atom. The largest absolute Gasteiger partial charge is 0.370 e. The first kappa shape index (κ1) is 19.8. The van der Waals surface area contributed by atoms with E-state index in [1.54, 1.807) is 10.7 Å². The standard InChI is InChI=1S/C19H25BrFN5O/c1-3-22-19(23-7-6-14-10-16(20)4-5-17(14)21)26-8-9-27-18(13-26)15-11-24-25(2)12-15/h4-5,10-12,18H,3,6-9,13H2,1-2H3,(H,22,23). The topological polar surface area (TPSA) is 54.7 Å². The van der Waals surface area contributed by atoms with Gasteiger partial charge in [-0.3, -0.25) is 9.67 Å². The third-order valence-corrected chi connectivity index (χ3v) is 4.94. The minimum atomic E-state index is -0.193. The van der Waals surface area contributed by atoms with E-state index in [4.69, 9.17) is 9.73 Å². The van der Waals surface area contributed by atoms with Gasteiger partial charge in [-0.1, -0.05) is 15.9 Å². The number of guanidine groups is 1. The molecule has 1 N–H and O–H groups in total. The van der Waals surface area contributed by atoms with Crippen LogP contribution in [0, 0.1) is 5.82 Å². The van der Waals surface area contributed by atoms with E-state index in [1.165, 1.54) is 6.07 Å². The van der Waals surface area contributed by atoms with Crippen LogP contribution in [0.4, 0.5) is 4.39 Å². The molecule has 1 aliphatic heterocycles. The molecule has 0 bridgehead atoms. The molecule has 6 nitrogen and oxygen atoms in total. The molecule has 0 aliphatic carbocycles. The van der Waals surface area contributed by atoms with Crippen molar-refractivity contribution >= 4 is 21.9 Å². The molecule has 1 fully saturated rings. The van der Waals surface area contributed by atoms with Crippen LogP contribution in [0.15, 0.2) is 40.1 Å². The van der Waals surface area contributed by atoms with Crippen LogP contribution in [0.25, 0.3) is 0 Å². The quantitative estimate of drug-likeness (QED) is 0.576. The van der Waals surface area contributed by atoms with Crippen molar-refractivity contribution in [2.24, 2.45) is 12.0 Å². The van der Waals surface area contributed by atoms with Gasteiger partial charge in [0.15, 0.2) is 5.96 Å². The molecule has 8 heteroatoms. The summed E-state index contributed by atoms with van der Waals surface area (Å²) in [5.74, 6) is 0.645. The Kier molecular flexibility index (Phi) is 6.84. The molecule has 2 aromatic rings. The van der Waals surface area contributed by atoms with E-state index in [-0.39, 0.29) is 11.9 Å². The van der Waals surface area contributed by atoms with Gasteiger partial charge in [-0.05, 0) is 37.1 Å². The molecule has 0 radical (unpaired) electrons. The van der Waals surface area contributed by atoms with Gasteiger partial charge in [0.2, 0.25) is 0 Å². The first-order valence-corrected chi connectivity index (χ1v) is 9.93. The molecule has 1 saturated heterocycles. The van der Waals surface area contributed by atoms with Crippen molar-refractivity contribution in [3.63, 3.8) is 0 Å². The van der Waals surface area contributed by atoms with Gasteiger partial charge >= 0.3 is 0 Å². The molecule has 1 unspecified atom stereocenters. The number of aliphatic imine (C=N–C) groups is 1. The highest BCUT2D eigenvalue weighted by Gasteiger charge is 2.25. The van der Waals surface area contributed by atoms with Crippen LogP contribution in [0.5, 0.6) is 0 Å². The number of morpholine rings is 1. The number of nitrogens with zero attached hydrogens (tertiary/aromatic N) is 4. The predicted octanol–water partition coefficient (Wildman–Crippen LogP) is 2.90. The summed E-state index contributed by atoms with van der Waals surface area (Å²) < 4.78 is 22.5. The minimum Gasteiger partial charge on any atom is -0.370 e. The number of hydrogen-bond acceptors (Lipinski definition) is 3. The average Bonchev–Trinajstić information content (AvgIpc) is 3.10. The molecule has 0 amide bonds. The van der Waals surface area contributed by atoms with Crippen LogP contribution in [0.2, 0.25) is 0 Å². The Morgan fingerprint density at radius 2 is 2.33 bits per heavy atom. The van der Waals surface area contributed by atoms with Gasteiger partial charge in [0.1, 0.15) is 11.9 Å². The van der Waals surface area contributed by atoms with E-state index < -0.39 is 0 Å². The van der Waals surface area contributed by atoms with Gasteiger partial charge in [-0.25, -0.2) is 4.39 Å². The second-order valence-electron chi connectivity index (χ2n) is 6.47. The maximum Gasteiger partial charge on any atom is 0.194 e. The number of aromatic nitrogens is 2. The van der Waals surface area contributed by atoms with Crippen molar-refractivity contribution in [2.45, 2.75) is 19.4 Å². The van der Waals surface area contributed by atoms with Crippen LogP contribution in [-0.2, 0) is 18.2 Å². The molecule has 0 spiro atoms. The summed E-state index contributed by atoms with van der Waals surface area (Å²) >= 11 is 3.39. The van der Waals surface area contributed by atoms with Crippen molar-refractivity contribution in [3.05, 3.63) is 52.0 Å². The average molecular weight is 438 g/mol. The zero-order valence-electron chi connectivity index (χ0n) is 15.7. The smallest absolute Gasteiger partial charge is 0.194 e. The first-order chi connectivity index (χ1) is 13.1. The van der Waals surface area contributed by atoms with E-state index >= 15 is 0 Å². The van der Waals surface area contributed by atoms with Crippen molar-refractivity contribution in [1.29, 1.82) is 0 Å². The molecule has 1 atom stereocenters. The normalized spacial score (nSPS) is 18.0. The number of nitrogens with one attached hydrogen (secondary N) is 1. The summed E-state index contributed by atoms with van der Waals surface area (Å²) in [6.07, 6.45) is 4.35. The molecule has 1 aliphatic rings. The Balaban J connectivity index is 1.66. The van der Waals surface area contributed by atoms with E-state index in [0.29, 0.717) is 31.7 Å². The fourth-order valence-corrected chi connectivity index (χ4v) is 3.50. The van der Waals surface area contributed by atoms with Gasteiger partial charge < -0.3 is 15.0 Å². The molecule has 146 valence electrons. The second kappa shape index (κ2) is 9.32. The molecule has 1 aromatic heterocycles. The van der Waals surface area contributed by atoms with Crippen molar-refractivity contribution in [1.82, 2.24) is 20.0 Å². The molecule has 1 aromatic carbocycles. The molecular formula is C19H25BrFN5O. The summed E-state index contributed by atoms with van der Waals surface area (Å²) in [6.45, 7) is 5.45. The van der Waals surface area contributed by atoms with Crippen LogP contribution in [0.1, 0.15) is 24.2 Å². The van der Waals surface area contributed by atoms with E-state index in [0.717, 1.165) is 29.1 Å². The number of hydrogen-bond donors (Lipinski definition) is 1. The van der Waals surface area contributed by atoms with Crippen molar-refractivity contribution in [3.8, 4) is 0 Å². The molecule has 3 rings (SSSR count). The molecule has 27 heavy (non-hydrogen) atoms. The van der Waals surface area contributed by atoms with E-state index in [1.807, 2.05) is 32.4 Å². The molecule has 0 saturated carbocycles. The minimum absolute atomic E-state index is 0.0289. The number of aryl methyl sites for hydroxylation is 1. The zero-order valence-corrected chi connectivity index (χ0v) is 17.2. The van der Waals surface area contributed by atoms with Crippen molar-refractivity contribution < 1.29 is 9.13 Å². The Bertz CT molecular complexity index is 794. The highest BCUT2D eigenvalue weighted by molar-refractivity contribution is 9.10. The highest BCUT2D eigenvalue weighted by Crippen LogP contribution is 2.22. The predicted molar refractivity (Wildman–Crippen MR) is 107 cm³/mol. The SMILES string of the molecule is CCNC(=NCCc1cc(Br)ccc1F)N1CCOC(c2cnn(C)c2)C1. The third kappa shape index (κ3) is 5.29. The van der Waals surface area contributed by atoms with Gasteiger partial charge in [-0.2, -0.15) is 5.10 Å². The zero-order chi connectivity index (χ0) is 19.2. The summed E-state index contributed by atoms with van der Waals surface area (Å²) in [7, 11) is 1.90. The lowest BCUT2D eigenvalue weighted by Gasteiger charge is -2.34. The Morgan fingerprint density at radius 1 is 1.48 bits per heavy atom. The van der Waals surface area contributed by atoms with E-state index in [9.17, 15) is 4.39 Å². The lowest BCUT2D eigenvalue weighted by molar-refractivity contribution is -0.00803. The Hall–Kier alpha value is -1.93. The first-order valence-electron chi connectivity index (χ1n) is 9.14. The third-order valence-electron chi connectivity index (χ3n) is 4.45. The van der Waals surface area contributed by atoms with E-state index in [2.05, 4.69) is 31.2 Å². The van der Waals surface area contributed by atoms with Crippen molar-refractivity contribution in [2.75, 3.05) is 32.8 Å². The highest BCUT2D eigenvalue weighted by atomic mass is 79.9. The second-order valence-corrected chi connectivity index (χ2v) is 7.39. The maximum atomic E-state index is 13.9. The number of benzene rings is 1. The number of rotatable bonds is 5. The lowest BCUT2D eigenvalue weighted by Crippen LogP contribution is -2.48. The van der Waals surface area contributed by atoms with Gasteiger partial charge in [0.25, 0.3) is 0 Å². The fraction of sp³-hybridized carbons (Fsp3) is 0.474. The van der Waals surface area contributed by atoms with Crippen LogP contribution >= 0.6 is 15.9 Å².